The number of likely N-dealkylation sites (tertiary alicyclic amines) is 1. The summed E-state index contributed by atoms with van der Waals surface area (Å²) < 4.78 is 42.6. The molecule has 0 saturated carbocycles. The number of hydroxylamine groups is 1. The number of aliphatic hydroxyl groups excluding tert-OH is 2. The van der Waals surface area contributed by atoms with Gasteiger partial charge < -0.3 is 25.5 Å². The molecule has 32 heavy (non-hydrogen) atoms. The van der Waals surface area contributed by atoms with Crippen LogP contribution in [0.5, 0.6) is 0 Å². The first-order chi connectivity index (χ1) is 15.1. The average Bonchev–Trinajstić information content (AvgIpc) is 2.73. The second kappa shape index (κ2) is 9.84. The van der Waals surface area contributed by atoms with Crippen molar-refractivity contribution in [1.82, 2.24) is 10.4 Å². The Morgan fingerprint density at radius 2 is 1.94 bits per heavy atom. The number of halogens is 3. The van der Waals surface area contributed by atoms with Crippen LogP contribution in [0.3, 0.4) is 0 Å². The minimum atomic E-state index is -1.34. The summed E-state index contributed by atoms with van der Waals surface area (Å²) in [5.74, 6) is -3.91. The van der Waals surface area contributed by atoms with Gasteiger partial charge in [-0.3, -0.25) is 9.63 Å². The minimum Gasteiger partial charge on any atom is -0.394 e. The fraction of sp³-hybridized carbons (Fsp3) is 0.381. The molecule has 0 aromatic heterocycles. The summed E-state index contributed by atoms with van der Waals surface area (Å²) in [5.41, 5.74) is 0.882. The van der Waals surface area contributed by atoms with Crippen molar-refractivity contribution in [3.63, 3.8) is 0 Å². The molecule has 174 valence electrons. The normalized spacial score (nSPS) is 15.9. The summed E-state index contributed by atoms with van der Waals surface area (Å²) in [7, 11) is 0. The molecule has 8 nitrogen and oxygen atoms in total. The Morgan fingerprint density at radius 3 is 2.59 bits per heavy atom. The number of hydrogen-bond acceptors (Lipinski definition) is 7. The standard InChI is InChI=1S/C21H24F3N3O5/c1-12-2-5-17(16(23)6-12)26-19-14(3-4-15(22)18(19)24)20(30)27-10-21(31,11-27)9-25-32-8-13(29)7-28/h2-6,13,25-26,28-29,31H,7-11H2,1H3. The Hall–Kier alpha value is -2.70. The van der Waals surface area contributed by atoms with E-state index in [0.29, 0.717) is 5.56 Å². The van der Waals surface area contributed by atoms with Crippen LogP contribution >= 0.6 is 0 Å². The fourth-order valence-corrected chi connectivity index (χ4v) is 3.19. The third-order valence-corrected chi connectivity index (χ3v) is 4.96. The topological polar surface area (TPSA) is 114 Å². The molecule has 11 heteroatoms. The number of hydrogen-bond donors (Lipinski definition) is 5. The van der Waals surface area contributed by atoms with Gasteiger partial charge in [0, 0.05) is 0 Å². The van der Waals surface area contributed by atoms with Gasteiger partial charge >= 0.3 is 0 Å². The molecule has 1 atom stereocenters. The zero-order valence-electron chi connectivity index (χ0n) is 17.2. The summed E-state index contributed by atoms with van der Waals surface area (Å²) in [6.45, 7) is 0.667. The van der Waals surface area contributed by atoms with E-state index in [1.165, 1.54) is 17.0 Å². The van der Waals surface area contributed by atoms with E-state index in [-0.39, 0.29) is 37.5 Å². The molecule has 1 unspecified atom stereocenters. The predicted molar refractivity (Wildman–Crippen MR) is 109 cm³/mol. The van der Waals surface area contributed by atoms with E-state index in [4.69, 9.17) is 9.94 Å². The van der Waals surface area contributed by atoms with E-state index in [2.05, 4.69) is 10.8 Å². The van der Waals surface area contributed by atoms with Crippen molar-refractivity contribution in [3.05, 3.63) is 58.9 Å². The highest BCUT2D eigenvalue weighted by atomic mass is 19.2. The Bertz CT molecular complexity index is 985. The Labute approximate surface area is 182 Å². The highest BCUT2D eigenvalue weighted by molar-refractivity contribution is 6.01. The SMILES string of the molecule is Cc1ccc(Nc2c(C(=O)N3CC(O)(CNOCC(O)CO)C3)ccc(F)c2F)c(F)c1. The highest BCUT2D eigenvalue weighted by Crippen LogP contribution is 2.31. The lowest BCUT2D eigenvalue weighted by Gasteiger charge is -2.46. The number of rotatable bonds is 9. The average molecular weight is 455 g/mol. The van der Waals surface area contributed by atoms with Gasteiger partial charge in [-0.2, -0.15) is 5.48 Å². The maximum Gasteiger partial charge on any atom is 0.256 e. The zero-order valence-corrected chi connectivity index (χ0v) is 17.2. The van der Waals surface area contributed by atoms with Gasteiger partial charge in [0.1, 0.15) is 17.5 Å². The molecule has 1 amide bonds. The van der Waals surface area contributed by atoms with E-state index < -0.39 is 47.4 Å². The Kier molecular flexibility index (Phi) is 7.36. The van der Waals surface area contributed by atoms with Crippen LogP contribution in [-0.4, -0.2) is 70.7 Å². The third-order valence-electron chi connectivity index (χ3n) is 4.96. The predicted octanol–water partition coefficient (Wildman–Crippen LogP) is 1.22. The molecule has 2 aromatic rings. The molecule has 0 bridgehead atoms. The van der Waals surface area contributed by atoms with Crippen molar-refractivity contribution >= 4 is 17.3 Å². The van der Waals surface area contributed by atoms with E-state index in [9.17, 15) is 28.2 Å². The molecule has 5 N–H and O–H groups in total. The number of carbonyl (C=O) groups is 1. The van der Waals surface area contributed by atoms with Crippen LogP contribution in [0.25, 0.3) is 0 Å². The van der Waals surface area contributed by atoms with Gasteiger partial charge in [0.25, 0.3) is 5.91 Å². The third kappa shape index (κ3) is 5.37. The largest absolute Gasteiger partial charge is 0.394 e. The Morgan fingerprint density at radius 1 is 1.22 bits per heavy atom. The second-order valence-electron chi connectivity index (χ2n) is 7.75. The molecule has 1 fully saturated rings. The lowest BCUT2D eigenvalue weighted by Crippen LogP contribution is -2.67. The monoisotopic (exact) mass is 455 g/mol. The van der Waals surface area contributed by atoms with E-state index in [1.54, 1.807) is 13.0 Å². The van der Waals surface area contributed by atoms with Crippen molar-refractivity contribution in [2.75, 3.05) is 38.2 Å². The molecule has 0 aliphatic carbocycles. The molecule has 1 saturated heterocycles. The van der Waals surface area contributed by atoms with Crippen molar-refractivity contribution < 1.29 is 38.1 Å². The number of amides is 1. The minimum absolute atomic E-state index is 0.0770. The molecule has 0 spiro atoms. The molecule has 1 heterocycles. The number of anilines is 2. The first-order valence-corrected chi connectivity index (χ1v) is 9.80. The number of nitrogens with one attached hydrogen (secondary N) is 2. The van der Waals surface area contributed by atoms with Crippen molar-refractivity contribution in [2.45, 2.75) is 18.6 Å². The van der Waals surface area contributed by atoms with Gasteiger partial charge in [-0.25, -0.2) is 13.2 Å². The van der Waals surface area contributed by atoms with Crippen LogP contribution in [0.2, 0.25) is 0 Å². The molecule has 0 radical (unpaired) electrons. The van der Waals surface area contributed by atoms with Crippen LogP contribution < -0.4 is 10.8 Å². The lowest BCUT2D eigenvalue weighted by molar-refractivity contribution is -0.114. The molecule has 1 aliphatic heterocycles. The number of benzene rings is 2. The maximum absolute atomic E-state index is 14.5. The van der Waals surface area contributed by atoms with Crippen LogP contribution in [0.4, 0.5) is 24.5 Å². The van der Waals surface area contributed by atoms with Crippen molar-refractivity contribution in [3.8, 4) is 0 Å². The smallest absolute Gasteiger partial charge is 0.256 e. The lowest BCUT2D eigenvalue weighted by atomic mass is 9.93. The molecule has 2 aromatic carbocycles. The first kappa shape index (κ1) is 24.0. The number of β-amino-alcohol motifs (C(OH)–C–C–N with tert-alkyl or cyclic N) is 1. The van der Waals surface area contributed by atoms with E-state index >= 15 is 0 Å². The van der Waals surface area contributed by atoms with Gasteiger partial charge in [0.05, 0.1) is 49.8 Å². The zero-order chi connectivity index (χ0) is 23.5. The summed E-state index contributed by atoms with van der Waals surface area (Å²) in [6.07, 6.45) is -1.07. The number of carbonyl (C=O) groups excluding carboxylic acids is 1. The summed E-state index contributed by atoms with van der Waals surface area (Å²) >= 11 is 0. The van der Waals surface area contributed by atoms with Gasteiger partial charge in [0.2, 0.25) is 0 Å². The molecule has 1 aliphatic rings. The van der Waals surface area contributed by atoms with Crippen LogP contribution in [0.1, 0.15) is 15.9 Å². The second-order valence-corrected chi connectivity index (χ2v) is 7.75. The molecular formula is C21H24F3N3O5. The van der Waals surface area contributed by atoms with Crippen LogP contribution in [0, 0.1) is 24.4 Å². The van der Waals surface area contributed by atoms with Crippen LogP contribution in [-0.2, 0) is 4.84 Å². The van der Waals surface area contributed by atoms with E-state index in [1.807, 2.05) is 0 Å². The van der Waals surface area contributed by atoms with Crippen molar-refractivity contribution in [2.24, 2.45) is 0 Å². The first-order valence-electron chi connectivity index (χ1n) is 9.80. The fourth-order valence-electron chi connectivity index (χ4n) is 3.19. The number of nitrogens with zero attached hydrogens (tertiary/aromatic N) is 1. The van der Waals surface area contributed by atoms with Gasteiger partial charge in [-0.05, 0) is 36.8 Å². The van der Waals surface area contributed by atoms with Gasteiger partial charge in [-0.15, -0.1) is 0 Å². The quantitative estimate of drug-likeness (QED) is 0.285. The molecular weight excluding hydrogens is 431 g/mol. The molecule has 3 rings (SSSR count). The summed E-state index contributed by atoms with van der Waals surface area (Å²) in [4.78, 5) is 19.0. The maximum atomic E-state index is 14.5. The summed E-state index contributed by atoms with van der Waals surface area (Å²) in [5, 5.41) is 30.8. The van der Waals surface area contributed by atoms with Crippen LogP contribution in [0.15, 0.2) is 30.3 Å². The van der Waals surface area contributed by atoms with Gasteiger partial charge in [0.15, 0.2) is 11.6 Å². The van der Waals surface area contributed by atoms with E-state index in [0.717, 1.165) is 12.1 Å². The van der Waals surface area contributed by atoms with Crippen molar-refractivity contribution in [1.29, 1.82) is 0 Å². The summed E-state index contributed by atoms with van der Waals surface area (Å²) in [6, 6.07) is 6.03. The Balaban J connectivity index is 1.69. The number of aliphatic hydroxyl groups is 3. The van der Waals surface area contributed by atoms with Gasteiger partial charge in [-0.1, -0.05) is 6.07 Å². The highest BCUT2D eigenvalue weighted by Gasteiger charge is 2.44. The number of aryl methyl sites for hydroxylation is 1.